The Morgan fingerprint density at radius 1 is 1.57 bits per heavy atom. The fourth-order valence-corrected chi connectivity index (χ4v) is 0.923. The Morgan fingerprint density at radius 3 is 2.50 bits per heavy atom. The van der Waals surface area contributed by atoms with Crippen LogP contribution in [-0.2, 0) is 9.53 Å². The molecule has 0 heterocycles. The molecule has 6 heteroatoms. The SMILES string of the molecule is [2H]CC(O)C(=O)[C@@H](O[14CH3])[C@H](O)[C@H](O)CO. The minimum atomic E-state index is -1.63. The van der Waals surface area contributed by atoms with Crippen molar-refractivity contribution in [3.63, 3.8) is 0 Å². The Balaban J connectivity index is 4.53. The Hall–Kier alpha value is -0.530. The Morgan fingerprint density at radius 2 is 2.14 bits per heavy atom. The van der Waals surface area contributed by atoms with Gasteiger partial charge < -0.3 is 25.2 Å². The third-order valence-electron chi connectivity index (χ3n) is 1.75. The summed E-state index contributed by atoms with van der Waals surface area (Å²) in [5.41, 5.74) is 0. The van der Waals surface area contributed by atoms with E-state index in [4.69, 9.17) is 16.7 Å². The average molecular weight is 211 g/mol. The number of rotatable bonds is 6. The van der Waals surface area contributed by atoms with Crippen LogP contribution in [0.2, 0.25) is 0 Å². The van der Waals surface area contributed by atoms with Crippen molar-refractivity contribution in [1.29, 1.82) is 0 Å². The summed E-state index contributed by atoms with van der Waals surface area (Å²) in [4.78, 5) is 11.3. The van der Waals surface area contributed by atoms with Gasteiger partial charge in [0.15, 0.2) is 5.78 Å². The minimum absolute atomic E-state index is 0.555. The van der Waals surface area contributed by atoms with Crippen molar-refractivity contribution in [2.24, 2.45) is 0 Å². The Bertz CT molecular complexity index is 200. The van der Waals surface area contributed by atoms with Crippen LogP contribution in [0.4, 0.5) is 0 Å². The third-order valence-corrected chi connectivity index (χ3v) is 1.75. The van der Waals surface area contributed by atoms with E-state index >= 15 is 0 Å². The molecule has 0 rings (SSSR count). The predicted molar refractivity (Wildman–Crippen MR) is 46.6 cm³/mol. The van der Waals surface area contributed by atoms with Crippen LogP contribution in [0.5, 0.6) is 0 Å². The number of ketones is 1. The number of methoxy groups -OCH3 is 1. The largest absolute Gasteiger partial charge is 0.394 e. The van der Waals surface area contributed by atoms with Crippen molar-refractivity contribution < 1.29 is 31.3 Å². The molecule has 4 N–H and O–H groups in total. The maximum atomic E-state index is 11.3. The first kappa shape index (κ1) is 11.5. The molecule has 0 aromatic heterocycles. The van der Waals surface area contributed by atoms with E-state index in [1.54, 1.807) is 0 Å². The molecule has 6 nitrogen and oxygen atoms in total. The second kappa shape index (κ2) is 6.05. The van der Waals surface area contributed by atoms with Gasteiger partial charge >= 0.3 is 0 Å². The van der Waals surface area contributed by atoms with E-state index in [9.17, 15) is 9.90 Å². The number of aliphatic hydroxyl groups is 4. The molecule has 0 amide bonds. The van der Waals surface area contributed by atoms with Crippen LogP contribution in [0.25, 0.3) is 0 Å². The van der Waals surface area contributed by atoms with Crippen LogP contribution in [0.1, 0.15) is 8.27 Å². The van der Waals surface area contributed by atoms with Crippen molar-refractivity contribution in [2.45, 2.75) is 31.3 Å². The number of Topliss-reactive ketones (excluding diaryl/α,β-unsaturated/α-hetero) is 1. The molecule has 0 bridgehead atoms. The summed E-state index contributed by atoms with van der Waals surface area (Å²) in [5.74, 6) is -0.896. The number of carbonyl (C=O) groups excluding carboxylic acids is 1. The Labute approximate surface area is 83.2 Å². The number of aliphatic hydroxyl groups excluding tert-OH is 4. The summed E-state index contributed by atoms with van der Waals surface area (Å²) in [7, 11) is 1.12. The highest BCUT2D eigenvalue weighted by Crippen LogP contribution is 2.07. The van der Waals surface area contributed by atoms with Crippen LogP contribution in [0.3, 0.4) is 0 Å². The highest BCUT2D eigenvalue weighted by molar-refractivity contribution is 5.87. The molecule has 1 unspecified atom stereocenters. The van der Waals surface area contributed by atoms with E-state index in [0.29, 0.717) is 0 Å². The van der Waals surface area contributed by atoms with Crippen molar-refractivity contribution in [3.8, 4) is 0 Å². The highest BCUT2D eigenvalue weighted by atomic mass is 16.6. The van der Waals surface area contributed by atoms with Crippen molar-refractivity contribution in [1.82, 2.24) is 0 Å². The van der Waals surface area contributed by atoms with Gasteiger partial charge in [-0.15, -0.1) is 0 Å². The quantitative estimate of drug-likeness (QED) is 0.392. The van der Waals surface area contributed by atoms with Crippen molar-refractivity contribution in [3.05, 3.63) is 0 Å². The standard InChI is InChI=1S/C8H16O6/c1-4(10)6(12)8(14-2)7(13)5(11)3-9/h4-5,7-11,13H,3H2,1-2H3/t4?,5-,7-,8-/m1/s1/i1D,2+2. The van der Waals surface area contributed by atoms with E-state index in [-0.39, 0.29) is 0 Å². The fraction of sp³-hybridized carbons (Fsp3) is 0.875. The summed E-state index contributed by atoms with van der Waals surface area (Å²) in [6, 6.07) is 0. The first-order chi connectivity index (χ1) is 6.99. The molecule has 84 valence electrons. The van der Waals surface area contributed by atoms with E-state index in [1.807, 2.05) is 0 Å². The molecule has 0 aliphatic rings. The van der Waals surface area contributed by atoms with Crippen molar-refractivity contribution in [2.75, 3.05) is 13.7 Å². The third kappa shape index (κ3) is 3.32. The number of carbonyl (C=O) groups is 1. The highest BCUT2D eigenvalue weighted by Gasteiger charge is 2.33. The molecule has 0 aromatic carbocycles. The lowest BCUT2D eigenvalue weighted by molar-refractivity contribution is -0.151. The van der Waals surface area contributed by atoms with E-state index < -0.39 is 43.7 Å². The molecule has 0 saturated heterocycles. The van der Waals surface area contributed by atoms with Gasteiger partial charge in [-0.3, -0.25) is 4.79 Å². The van der Waals surface area contributed by atoms with Crippen LogP contribution in [0.15, 0.2) is 0 Å². The van der Waals surface area contributed by atoms with Crippen LogP contribution >= 0.6 is 0 Å². The first-order valence-electron chi connectivity index (χ1n) is 4.71. The summed E-state index contributed by atoms with van der Waals surface area (Å²) in [5, 5.41) is 36.0. The van der Waals surface area contributed by atoms with E-state index in [1.165, 1.54) is 0 Å². The summed E-state index contributed by atoms with van der Waals surface area (Å²) in [6.45, 7) is -1.29. The minimum Gasteiger partial charge on any atom is -0.394 e. The van der Waals surface area contributed by atoms with Gasteiger partial charge in [0.1, 0.15) is 24.4 Å². The predicted octanol–water partition coefficient (Wildman–Crippen LogP) is -2.33. The molecule has 0 aliphatic heterocycles. The molecular formula is C8H16O6. The second-order valence-corrected chi connectivity index (χ2v) is 2.81. The van der Waals surface area contributed by atoms with Crippen molar-refractivity contribution >= 4 is 5.78 Å². The van der Waals surface area contributed by atoms with E-state index in [2.05, 4.69) is 4.74 Å². The zero-order valence-electron chi connectivity index (χ0n) is 8.83. The number of hydrogen-bond acceptors (Lipinski definition) is 6. The normalized spacial score (nSPS) is 20.8. The lowest BCUT2D eigenvalue weighted by Gasteiger charge is -2.24. The molecule has 0 radical (unpaired) electrons. The van der Waals surface area contributed by atoms with Gasteiger partial charge in [-0.1, -0.05) is 0 Å². The maximum Gasteiger partial charge on any atom is 0.192 e. The molecule has 0 spiro atoms. The van der Waals surface area contributed by atoms with Gasteiger partial charge in [-0.2, -0.15) is 0 Å². The van der Waals surface area contributed by atoms with E-state index in [0.717, 1.165) is 7.11 Å². The molecule has 0 fully saturated rings. The fourth-order valence-electron chi connectivity index (χ4n) is 0.923. The zero-order valence-corrected chi connectivity index (χ0v) is 7.83. The van der Waals surface area contributed by atoms with Gasteiger partial charge in [0.2, 0.25) is 0 Å². The molecule has 4 atom stereocenters. The Kier molecular flexibility index (Phi) is 4.99. The monoisotopic (exact) mass is 211 g/mol. The molecule has 0 saturated carbocycles. The maximum absolute atomic E-state index is 11.3. The van der Waals surface area contributed by atoms with Gasteiger partial charge in [-0.05, 0) is 6.90 Å². The van der Waals surface area contributed by atoms with Crippen LogP contribution in [-0.4, -0.2) is 64.3 Å². The molecule has 0 aliphatic carbocycles. The second-order valence-electron chi connectivity index (χ2n) is 2.81. The molecule has 14 heavy (non-hydrogen) atoms. The zero-order chi connectivity index (χ0) is 12.0. The van der Waals surface area contributed by atoms with Gasteiger partial charge in [0.05, 0.1) is 6.61 Å². The topological polar surface area (TPSA) is 107 Å². The first-order valence-corrected chi connectivity index (χ1v) is 4.00. The summed E-state index contributed by atoms with van der Waals surface area (Å²) in [6.07, 6.45) is -6.19. The van der Waals surface area contributed by atoms with Crippen LogP contribution < -0.4 is 0 Å². The van der Waals surface area contributed by atoms with Gasteiger partial charge in [0.25, 0.3) is 0 Å². The number of ether oxygens (including phenoxy) is 1. The smallest absolute Gasteiger partial charge is 0.192 e. The van der Waals surface area contributed by atoms with Gasteiger partial charge in [-0.25, -0.2) is 0 Å². The summed E-state index contributed by atoms with van der Waals surface area (Å²) < 4.78 is 11.4. The lowest BCUT2D eigenvalue weighted by atomic mass is 10.0. The molecule has 0 aromatic rings. The summed E-state index contributed by atoms with van der Waals surface area (Å²) >= 11 is 0. The van der Waals surface area contributed by atoms with Gasteiger partial charge in [0, 0.05) is 8.48 Å². The molecular weight excluding hydrogens is 194 g/mol. The van der Waals surface area contributed by atoms with Crippen LogP contribution in [0, 0.1) is 0 Å². The lowest BCUT2D eigenvalue weighted by Crippen LogP contribution is -2.47. The number of hydrogen-bond donors (Lipinski definition) is 4. The average Bonchev–Trinajstić information content (AvgIpc) is 2.27.